The van der Waals surface area contributed by atoms with Gasteiger partial charge in [-0.1, -0.05) is 18.2 Å². The molecule has 0 N–H and O–H groups in total. The summed E-state index contributed by atoms with van der Waals surface area (Å²) in [5.74, 6) is 0.632. The molecule has 20 heavy (non-hydrogen) atoms. The molecule has 1 aliphatic rings. The number of nitrogens with zero attached hydrogens (tertiary/aromatic N) is 2. The lowest BCUT2D eigenvalue weighted by Gasteiger charge is -2.14. The summed E-state index contributed by atoms with van der Waals surface area (Å²) in [6, 6.07) is 13.5. The molecule has 0 unspecified atom stereocenters. The van der Waals surface area contributed by atoms with Crippen molar-refractivity contribution in [2.75, 3.05) is 6.61 Å². The summed E-state index contributed by atoms with van der Waals surface area (Å²) >= 11 is 0. The fourth-order valence-electron chi connectivity index (χ4n) is 2.68. The number of hydrogen-bond acceptors (Lipinski definition) is 3. The highest BCUT2D eigenvalue weighted by molar-refractivity contribution is 5.79. The number of pyridine rings is 2. The number of aromatic nitrogens is 2. The first kappa shape index (κ1) is 11.2. The van der Waals surface area contributed by atoms with E-state index in [0.29, 0.717) is 29.9 Å². The first-order valence-electron chi connectivity index (χ1n) is 6.57. The molecule has 4 nitrogen and oxygen atoms in total. The zero-order valence-corrected chi connectivity index (χ0v) is 10.7. The Morgan fingerprint density at radius 2 is 1.95 bits per heavy atom. The van der Waals surface area contributed by atoms with Gasteiger partial charge in [0.1, 0.15) is 0 Å². The molecule has 0 fully saturated rings. The second-order valence-electron chi connectivity index (χ2n) is 4.76. The molecule has 0 saturated heterocycles. The van der Waals surface area contributed by atoms with Crippen LogP contribution in [-0.4, -0.2) is 16.2 Å². The van der Waals surface area contributed by atoms with Crippen LogP contribution in [0.5, 0.6) is 5.88 Å². The van der Waals surface area contributed by atoms with Crippen LogP contribution in [0.1, 0.15) is 5.56 Å². The molecular weight excluding hydrogens is 252 g/mol. The zero-order valence-electron chi connectivity index (χ0n) is 10.7. The molecule has 0 atom stereocenters. The molecule has 98 valence electrons. The maximum absolute atomic E-state index is 12.5. The predicted octanol–water partition coefficient (Wildman–Crippen LogP) is 2.32. The first-order valence-corrected chi connectivity index (χ1v) is 6.57. The molecule has 3 aromatic rings. The maximum atomic E-state index is 12.5. The Hall–Kier alpha value is -2.62. The molecule has 0 bridgehead atoms. The average molecular weight is 264 g/mol. The molecule has 1 aromatic carbocycles. The highest BCUT2D eigenvalue weighted by atomic mass is 16.5. The van der Waals surface area contributed by atoms with Crippen molar-refractivity contribution in [1.82, 2.24) is 9.55 Å². The molecule has 4 rings (SSSR count). The fourth-order valence-corrected chi connectivity index (χ4v) is 2.68. The highest BCUT2D eigenvalue weighted by Crippen LogP contribution is 2.29. The van der Waals surface area contributed by atoms with Gasteiger partial charge in [0.2, 0.25) is 5.88 Å². The number of fused-ring (bicyclic) bond motifs is 2. The van der Waals surface area contributed by atoms with Gasteiger partial charge >= 0.3 is 0 Å². The van der Waals surface area contributed by atoms with Crippen molar-refractivity contribution in [2.45, 2.75) is 6.42 Å². The topological polar surface area (TPSA) is 44.1 Å². The third kappa shape index (κ3) is 1.48. The van der Waals surface area contributed by atoms with Gasteiger partial charge in [0, 0.05) is 12.6 Å². The highest BCUT2D eigenvalue weighted by Gasteiger charge is 2.23. The molecular formula is C16H12N2O2. The smallest absolute Gasteiger partial charge is 0.207 e. The van der Waals surface area contributed by atoms with E-state index in [1.165, 1.54) is 0 Å². The van der Waals surface area contributed by atoms with Crippen molar-refractivity contribution < 1.29 is 4.74 Å². The number of para-hydroxylation sites is 1. The summed E-state index contributed by atoms with van der Waals surface area (Å²) < 4.78 is 7.63. The summed E-state index contributed by atoms with van der Waals surface area (Å²) in [7, 11) is 0. The van der Waals surface area contributed by atoms with Gasteiger partial charge in [-0.15, -0.1) is 0 Å². The van der Waals surface area contributed by atoms with Crippen molar-refractivity contribution in [3.05, 3.63) is 64.4 Å². The maximum Gasteiger partial charge on any atom is 0.207 e. The number of rotatable bonds is 1. The van der Waals surface area contributed by atoms with Gasteiger partial charge < -0.3 is 4.74 Å². The Bertz CT molecular complexity index is 853. The molecule has 1 aliphatic heterocycles. The molecule has 3 heterocycles. The summed E-state index contributed by atoms with van der Waals surface area (Å²) in [6.07, 6.45) is 2.36. The van der Waals surface area contributed by atoms with E-state index in [0.717, 1.165) is 11.3 Å². The van der Waals surface area contributed by atoms with Crippen LogP contribution < -0.4 is 10.2 Å². The standard InChI is InChI=1S/C16H12N2O2/c19-14-12-7-4-9-17-15(12)18(11-5-2-1-3-6-11)16-13(14)8-10-20-16/h1-7,9H,8,10H2. The minimum absolute atomic E-state index is 0.0350. The van der Waals surface area contributed by atoms with E-state index in [2.05, 4.69) is 4.98 Å². The minimum atomic E-state index is 0.0350. The number of benzene rings is 1. The van der Waals surface area contributed by atoms with E-state index in [-0.39, 0.29) is 5.43 Å². The molecule has 2 aromatic heterocycles. The molecule has 0 spiro atoms. The van der Waals surface area contributed by atoms with E-state index >= 15 is 0 Å². The van der Waals surface area contributed by atoms with Crippen molar-refractivity contribution in [3.8, 4) is 11.6 Å². The molecule has 0 radical (unpaired) electrons. The Balaban J connectivity index is 2.20. The first-order chi connectivity index (χ1) is 9.86. The van der Waals surface area contributed by atoms with Gasteiger partial charge in [-0.25, -0.2) is 4.98 Å². The molecule has 0 amide bonds. The lowest BCUT2D eigenvalue weighted by atomic mass is 10.1. The second-order valence-corrected chi connectivity index (χ2v) is 4.76. The van der Waals surface area contributed by atoms with E-state index in [1.807, 2.05) is 41.0 Å². The van der Waals surface area contributed by atoms with Gasteiger partial charge in [0.25, 0.3) is 0 Å². The van der Waals surface area contributed by atoms with Crippen LogP contribution >= 0.6 is 0 Å². The normalized spacial score (nSPS) is 13.2. The van der Waals surface area contributed by atoms with Gasteiger partial charge in [0.05, 0.1) is 23.2 Å². The predicted molar refractivity (Wildman–Crippen MR) is 76.5 cm³/mol. The van der Waals surface area contributed by atoms with Gasteiger partial charge in [-0.2, -0.15) is 0 Å². The quantitative estimate of drug-likeness (QED) is 0.677. The van der Waals surface area contributed by atoms with E-state index in [1.54, 1.807) is 12.3 Å². The van der Waals surface area contributed by atoms with Gasteiger partial charge in [0.15, 0.2) is 11.1 Å². The monoisotopic (exact) mass is 264 g/mol. The number of hydrogen-bond donors (Lipinski definition) is 0. The lowest BCUT2D eigenvalue weighted by molar-refractivity contribution is 0.338. The summed E-state index contributed by atoms with van der Waals surface area (Å²) in [4.78, 5) is 16.8. The van der Waals surface area contributed by atoms with Crippen LogP contribution in [0.3, 0.4) is 0 Å². The third-order valence-electron chi connectivity index (χ3n) is 3.58. The summed E-state index contributed by atoms with van der Waals surface area (Å²) in [5, 5.41) is 0.639. The molecule has 4 heteroatoms. The summed E-state index contributed by atoms with van der Waals surface area (Å²) in [6.45, 7) is 0.549. The number of ether oxygens (including phenoxy) is 1. The minimum Gasteiger partial charge on any atom is -0.478 e. The van der Waals surface area contributed by atoms with Crippen molar-refractivity contribution in [1.29, 1.82) is 0 Å². The molecule has 0 aliphatic carbocycles. The fraction of sp³-hybridized carbons (Fsp3) is 0.125. The van der Waals surface area contributed by atoms with Crippen LogP contribution in [0.25, 0.3) is 16.7 Å². The van der Waals surface area contributed by atoms with Crippen LogP contribution in [0.2, 0.25) is 0 Å². The lowest BCUT2D eigenvalue weighted by Crippen LogP contribution is -2.14. The van der Waals surface area contributed by atoms with Gasteiger partial charge in [-0.3, -0.25) is 9.36 Å². The Morgan fingerprint density at radius 3 is 2.80 bits per heavy atom. The van der Waals surface area contributed by atoms with E-state index < -0.39 is 0 Å². The van der Waals surface area contributed by atoms with E-state index in [4.69, 9.17) is 4.74 Å². The Kier molecular flexibility index (Phi) is 2.36. The van der Waals surface area contributed by atoms with Crippen molar-refractivity contribution in [2.24, 2.45) is 0 Å². The van der Waals surface area contributed by atoms with Crippen LogP contribution in [0, 0.1) is 0 Å². The van der Waals surface area contributed by atoms with Crippen LogP contribution in [-0.2, 0) is 6.42 Å². The van der Waals surface area contributed by atoms with Crippen LogP contribution in [0.15, 0.2) is 53.5 Å². The van der Waals surface area contributed by atoms with Crippen molar-refractivity contribution >= 4 is 11.0 Å². The summed E-state index contributed by atoms with van der Waals surface area (Å²) in [5.41, 5.74) is 2.38. The third-order valence-corrected chi connectivity index (χ3v) is 3.58. The van der Waals surface area contributed by atoms with Crippen molar-refractivity contribution in [3.63, 3.8) is 0 Å². The second kappa shape index (κ2) is 4.20. The van der Waals surface area contributed by atoms with Crippen LogP contribution in [0.4, 0.5) is 0 Å². The SMILES string of the molecule is O=c1c2c(n(-c3ccccc3)c3ncccc13)OCC2. The average Bonchev–Trinajstić information content (AvgIpc) is 2.98. The van der Waals surface area contributed by atoms with E-state index in [9.17, 15) is 4.79 Å². The van der Waals surface area contributed by atoms with Gasteiger partial charge in [-0.05, 0) is 24.3 Å². The molecule has 0 saturated carbocycles. The Labute approximate surface area is 115 Å². The Morgan fingerprint density at radius 1 is 1.10 bits per heavy atom. The zero-order chi connectivity index (χ0) is 13.5. The largest absolute Gasteiger partial charge is 0.478 e.